The van der Waals surface area contributed by atoms with Crippen LogP contribution in [0.1, 0.15) is 12.0 Å². The van der Waals surface area contributed by atoms with E-state index in [0.717, 1.165) is 5.56 Å². The molecular weight excluding hydrogens is 370 g/mol. The molecule has 1 aromatic heterocycles. The Kier molecular flexibility index (Phi) is 5.81. The van der Waals surface area contributed by atoms with Crippen molar-refractivity contribution in [3.05, 3.63) is 47.2 Å². The minimum atomic E-state index is -0.367. The number of pyridine rings is 1. The number of hydrogen-bond acceptors (Lipinski definition) is 5. The van der Waals surface area contributed by atoms with Gasteiger partial charge in [0.2, 0.25) is 11.8 Å². The topological polar surface area (TPSA) is 89.5 Å². The van der Waals surface area contributed by atoms with Crippen LogP contribution < -0.4 is 20.1 Å². The van der Waals surface area contributed by atoms with Crippen LogP contribution in [0.25, 0.3) is 0 Å². The molecule has 2 atom stereocenters. The molecule has 3 rings (SSSR count). The second-order valence-electron chi connectivity index (χ2n) is 6.20. The molecule has 1 saturated carbocycles. The van der Waals surface area contributed by atoms with E-state index in [1.165, 1.54) is 14.2 Å². The Bertz CT molecular complexity index is 844. The molecule has 0 bridgehead atoms. The summed E-state index contributed by atoms with van der Waals surface area (Å²) in [6.07, 6.45) is 3.85. The van der Waals surface area contributed by atoms with Gasteiger partial charge in [0.1, 0.15) is 11.5 Å². The number of ether oxygens (including phenoxy) is 2. The standard InChI is InChI=1S/C19H20ClN3O4/c1-26-16-9-15(17(27-2)8-14(16)20)23-19(25)13-7-12(13)18(24)22-10-11-3-5-21-6-4-11/h3-6,8-9,12-13H,7,10H2,1-2H3,(H,22,24)(H,23,25). The van der Waals surface area contributed by atoms with Crippen molar-refractivity contribution in [1.82, 2.24) is 10.3 Å². The first-order chi connectivity index (χ1) is 13.0. The second-order valence-corrected chi connectivity index (χ2v) is 6.61. The van der Waals surface area contributed by atoms with Crippen molar-refractivity contribution < 1.29 is 19.1 Å². The van der Waals surface area contributed by atoms with Gasteiger partial charge >= 0.3 is 0 Å². The molecular formula is C19H20ClN3O4. The molecule has 0 saturated heterocycles. The quantitative estimate of drug-likeness (QED) is 0.759. The maximum absolute atomic E-state index is 12.5. The fraction of sp³-hybridized carbons (Fsp3) is 0.316. The van der Waals surface area contributed by atoms with E-state index in [1.807, 2.05) is 12.1 Å². The zero-order chi connectivity index (χ0) is 19.4. The molecule has 1 aromatic carbocycles. The van der Waals surface area contributed by atoms with E-state index in [4.69, 9.17) is 21.1 Å². The van der Waals surface area contributed by atoms with Crippen LogP contribution >= 0.6 is 11.6 Å². The van der Waals surface area contributed by atoms with Gasteiger partial charge in [-0.05, 0) is 24.1 Å². The molecule has 1 heterocycles. The monoisotopic (exact) mass is 389 g/mol. The maximum Gasteiger partial charge on any atom is 0.228 e. The summed E-state index contributed by atoms with van der Waals surface area (Å²) in [5, 5.41) is 6.02. The van der Waals surface area contributed by atoms with Gasteiger partial charge in [0.05, 0.1) is 36.8 Å². The van der Waals surface area contributed by atoms with Crippen LogP contribution in [0.3, 0.4) is 0 Å². The molecule has 2 unspecified atom stereocenters. The number of nitrogens with one attached hydrogen (secondary N) is 2. The normalized spacial score (nSPS) is 17.7. The minimum absolute atomic E-state index is 0.132. The van der Waals surface area contributed by atoms with Crippen LogP contribution in [-0.2, 0) is 16.1 Å². The van der Waals surface area contributed by atoms with Crippen molar-refractivity contribution in [2.24, 2.45) is 11.8 Å². The molecule has 1 fully saturated rings. The lowest BCUT2D eigenvalue weighted by Crippen LogP contribution is -2.27. The van der Waals surface area contributed by atoms with Crippen LogP contribution in [0, 0.1) is 11.8 Å². The summed E-state index contributed by atoms with van der Waals surface area (Å²) in [5.74, 6) is -0.209. The summed E-state index contributed by atoms with van der Waals surface area (Å²) in [4.78, 5) is 28.7. The Labute approximate surface area is 162 Å². The van der Waals surface area contributed by atoms with Crippen LogP contribution in [-0.4, -0.2) is 31.0 Å². The van der Waals surface area contributed by atoms with Crippen molar-refractivity contribution in [2.45, 2.75) is 13.0 Å². The Morgan fingerprint density at radius 3 is 2.44 bits per heavy atom. The van der Waals surface area contributed by atoms with Crippen molar-refractivity contribution >= 4 is 29.1 Å². The number of nitrogens with zero attached hydrogens (tertiary/aromatic N) is 1. The number of aromatic nitrogens is 1. The number of anilines is 1. The van der Waals surface area contributed by atoms with Gasteiger partial charge in [-0.25, -0.2) is 0 Å². The third kappa shape index (κ3) is 4.49. The molecule has 1 aliphatic rings. The van der Waals surface area contributed by atoms with Gasteiger partial charge in [0.25, 0.3) is 0 Å². The Balaban J connectivity index is 1.58. The number of amides is 2. The van der Waals surface area contributed by atoms with Crippen molar-refractivity contribution in [2.75, 3.05) is 19.5 Å². The Morgan fingerprint density at radius 2 is 1.78 bits per heavy atom. The van der Waals surface area contributed by atoms with Gasteiger partial charge in [0, 0.05) is 31.1 Å². The van der Waals surface area contributed by atoms with Crippen LogP contribution in [0.2, 0.25) is 5.02 Å². The first-order valence-electron chi connectivity index (χ1n) is 8.42. The van der Waals surface area contributed by atoms with Gasteiger partial charge in [0.15, 0.2) is 0 Å². The molecule has 2 aromatic rings. The fourth-order valence-electron chi connectivity index (χ4n) is 2.78. The van der Waals surface area contributed by atoms with E-state index in [-0.39, 0.29) is 23.7 Å². The van der Waals surface area contributed by atoms with Gasteiger partial charge in [-0.2, -0.15) is 0 Å². The first kappa shape index (κ1) is 19.0. The molecule has 27 heavy (non-hydrogen) atoms. The molecule has 0 radical (unpaired) electrons. The number of halogens is 1. The number of rotatable bonds is 7. The molecule has 2 amide bonds. The lowest BCUT2D eigenvalue weighted by atomic mass is 10.2. The SMILES string of the molecule is COc1cc(NC(=O)C2CC2C(=O)NCc2ccncc2)c(OC)cc1Cl. The van der Waals surface area contributed by atoms with Crippen molar-refractivity contribution in [3.63, 3.8) is 0 Å². The summed E-state index contributed by atoms with van der Waals surface area (Å²) in [7, 11) is 2.98. The molecule has 0 spiro atoms. The van der Waals surface area contributed by atoms with Crippen molar-refractivity contribution in [3.8, 4) is 11.5 Å². The summed E-state index contributed by atoms with van der Waals surface area (Å²) in [6.45, 7) is 0.411. The van der Waals surface area contributed by atoms with E-state index in [1.54, 1.807) is 24.5 Å². The number of methoxy groups -OCH3 is 2. The Hall–Kier alpha value is -2.80. The smallest absolute Gasteiger partial charge is 0.228 e. The lowest BCUT2D eigenvalue weighted by Gasteiger charge is -2.13. The third-order valence-corrected chi connectivity index (χ3v) is 4.71. The van der Waals surface area contributed by atoms with Crippen LogP contribution in [0.5, 0.6) is 11.5 Å². The fourth-order valence-corrected chi connectivity index (χ4v) is 3.01. The number of hydrogen-bond donors (Lipinski definition) is 2. The zero-order valence-corrected chi connectivity index (χ0v) is 15.7. The number of benzene rings is 1. The molecule has 2 N–H and O–H groups in total. The van der Waals surface area contributed by atoms with E-state index in [9.17, 15) is 9.59 Å². The van der Waals surface area contributed by atoms with E-state index >= 15 is 0 Å². The molecule has 1 aliphatic carbocycles. The molecule has 8 heteroatoms. The minimum Gasteiger partial charge on any atom is -0.495 e. The predicted molar refractivity (Wildman–Crippen MR) is 101 cm³/mol. The molecule has 142 valence electrons. The van der Waals surface area contributed by atoms with Crippen LogP contribution in [0.15, 0.2) is 36.7 Å². The van der Waals surface area contributed by atoms with Gasteiger partial charge in [-0.1, -0.05) is 11.6 Å². The number of carbonyl (C=O) groups excluding carboxylic acids is 2. The highest BCUT2D eigenvalue weighted by Gasteiger charge is 2.48. The van der Waals surface area contributed by atoms with Crippen molar-refractivity contribution in [1.29, 1.82) is 0 Å². The van der Waals surface area contributed by atoms with Gasteiger partial charge in [-0.15, -0.1) is 0 Å². The molecule has 0 aliphatic heterocycles. The van der Waals surface area contributed by atoms with Crippen LogP contribution in [0.4, 0.5) is 5.69 Å². The highest BCUT2D eigenvalue weighted by Crippen LogP contribution is 2.41. The second kappa shape index (κ2) is 8.26. The number of carbonyl (C=O) groups is 2. The largest absolute Gasteiger partial charge is 0.495 e. The maximum atomic E-state index is 12.5. The predicted octanol–water partition coefficient (Wildman–Crippen LogP) is 2.64. The van der Waals surface area contributed by atoms with E-state index in [2.05, 4.69) is 15.6 Å². The van der Waals surface area contributed by atoms with E-state index < -0.39 is 0 Å². The first-order valence-corrected chi connectivity index (χ1v) is 8.80. The third-order valence-electron chi connectivity index (χ3n) is 4.41. The summed E-state index contributed by atoms with van der Waals surface area (Å²) in [6, 6.07) is 6.83. The average Bonchev–Trinajstić information content (AvgIpc) is 3.49. The molecule has 7 nitrogen and oxygen atoms in total. The van der Waals surface area contributed by atoms with Gasteiger partial charge in [-0.3, -0.25) is 14.6 Å². The van der Waals surface area contributed by atoms with E-state index in [0.29, 0.717) is 35.2 Å². The lowest BCUT2D eigenvalue weighted by molar-refractivity contribution is -0.125. The highest BCUT2D eigenvalue weighted by atomic mass is 35.5. The zero-order valence-electron chi connectivity index (χ0n) is 15.0. The highest BCUT2D eigenvalue weighted by molar-refractivity contribution is 6.32. The van der Waals surface area contributed by atoms with Gasteiger partial charge < -0.3 is 20.1 Å². The summed E-state index contributed by atoms with van der Waals surface area (Å²) >= 11 is 6.07. The average molecular weight is 390 g/mol. The summed E-state index contributed by atoms with van der Waals surface area (Å²) < 4.78 is 10.4. The summed E-state index contributed by atoms with van der Waals surface area (Å²) in [5.41, 5.74) is 1.41. The Morgan fingerprint density at radius 1 is 1.11 bits per heavy atom.